The van der Waals surface area contributed by atoms with E-state index in [1.54, 1.807) is 11.9 Å². The molecule has 2 atom stereocenters. The number of aryl methyl sites for hydroxylation is 1. The minimum Gasteiger partial charge on any atom is -0.391 e. The molecule has 19 heavy (non-hydrogen) atoms. The highest BCUT2D eigenvalue weighted by atomic mass is 16.3. The first-order valence-corrected chi connectivity index (χ1v) is 7.17. The molecule has 0 spiro atoms. The summed E-state index contributed by atoms with van der Waals surface area (Å²) >= 11 is 0. The average molecular weight is 261 g/mol. The second-order valence-electron chi connectivity index (χ2n) is 5.39. The molecule has 1 aliphatic rings. The molecular weight excluding hydrogens is 238 g/mol. The molecule has 1 aromatic carbocycles. The topological polar surface area (TPSA) is 40.5 Å². The molecule has 2 rings (SSSR count). The lowest BCUT2D eigenvalue weighted by atomic mass is 9.91. The third-order valence-electron chi connectivity index (χ3n) is 4.12. The van der Waals surface area contributed by atoms with Crippen molar-refractivity contribution in [3.8, 4) is 0 Å². The van der Waals surface area contributed by atoms with E-state index >= 15 is 0 Å². The van der Waals surface area contributed by atoms with Crippen LogP contribution in [0.15, 0.2) is 24.3 Å². The number of benzene rings is 1. The fraction of sp³-hybridized carbons (Fsp3) is 0.562. The van der Waals surface area contributed by atoms with Crippen LogP contribution in [0, 0.1) is 0 Å². The van der Waals surface area contributed by atoms with Crippen molar-refractivity contribution in [2.45, 2.75) is 51.2 Å². The van der Waals surface area contributed by atoms with Gasteiger partial charge in [0.2, 0.25) is 0 Å². The van der Waals surface area contributed by atoms with Gasteiger partial charge in [-0.05, 0) is 37.0 Å². The van der Waals surface area contributed by atoms with Gasteiger partial charge in [0.05, 0.1) is 12.1 Å². The summed E-state index contributed by atoms with van der Waals surface area (Å²) in [4.78, 5) is 14.1. The zero-order chi connectivity index (χ0) is 13.8. The van der Waals surface area contributed by atoms with Gasteiger partial charge in [-0.25, -0.2) is 0 Å². The van der Waals surface area contributed by atoms with Gasteiger partial charge < -0.3 is 10.0 Å². The normalized spacial score (nSPS) is 23.1. The molecule has 0 bridgehead atoms. The van der Waals surface area contributed by atoms with Crippen LogP contribution in [0.25, 0.3) is 0 Å². The van der Waals surface area contributed by atoms with E-state index in [-0.39, 0.29) is 18.1 Å². The number of likely N-dealkylation sites (N-methyl/N-ethyl adjacent to an activating group) is 1. The zero-order valence-corrected chi connectivity index (χ0v) is 11.8. The Labute approximate surface area is 115 Å². The Bertz CT molecular complexity index is 427. The molecule has 1 amide bonds. The van der Waals surface area contributed by atoms with E-state index in [0.29, 0.717) is 5.56 Å². The van der Waals surface area contributed by atoms with E-state index in [4.69, 9.17) is 0 Å². The second-order valence-corrected chi connectivity index (χ2v) is 5.39. The van der Waals surface area contributed by atoms with E-state index in [1.807, 2.05) is 24.3 Å². The lowest BCUT2D eigenvalue weighted by Crippen LogP contribution is -2.46. The number of aliphatic hydroxyl groups excluding tert-OH is 1. The number of hydrogen-bond donors (Lipinski definition) is 1. The SMILES string of the molecule is CCc1ccc(C(=O)N(C)C2CCCCC2O)cc1. The number of nitrogens with zero attached hydrogens (tertiary/aromatic N) is 1. The summed E-state index contributed by atoms with van der Waals surface area (Å²) in [7, 11) is 1.80. The monoisotopic (exact) mass is 261 g/mol. The lowest BCUT2D eigenvalue weighted by Gasteiger charge is -2.35. The van der Waals surface area contributed by atoms with E-state index in [0.717, 1.165) is 32.1 Å². The van der Waals surface area contributed by atoms with Crippen molar-refractivity contribution in [1.82, 2.24) is 4.90 Å². The highest BCUT2D eigenvalue weighted by Crippen LogP contribution is 2.23. The Morgan fingerprint density at radius 2 is 1.89 bits per heavy atom. The van der Waals surface area contributed by atoms with Crippen molar-refractivity contribution < 1.29 is 9.90 Å². The predicted octanol–water partition coefficient (Wildman–Crippen LogP) is 2.62. The molecule has 3 heteroatoms. The molecular formula is C16H23NO2. The van der Waals surface area contributed by atoms with Crippen LogP contribution >= 0.6 is 0 Å². The molecule has 0 heterocycles. The minimum absolute atomic E-state index is 0.00797. The smallest absolute Gasteiger partial charge is 0.253 e. The molecule has 0 saturated heterocycles. The molecule has 1 aliphatic carbocycles. The summed E-state index contributed by atoms with van der Waals surface area (Å²) in [5.74, 6) is 0.00797. The van der Waals surface area contributed by atoms with Crippen LogP contribution in [-0.2, 0) is 6.42 Å². The quantitative estimate of drug-likeness (QED) is 0.908. The van der Waals surface area contributed by atoms with E-state index in [2.05, 4.69) is 6.92 Å². The highest BCUT2D eigenvalue weighted by molar-refractivity contribution is 5.94. The van der Waals surface area contributed by atoms with Gasteiger partial charge in [0.1, 0.15) is 0 Å². The van der Waals surface area contributed by atoms with Gasteiger partial charge in [0.25, 0.3) is 5.91 Å². The van der Waals surface area contributed by atoms with Crippen molar-refractivity contribution in [2.75, 3.05) is 7.05 Å². The van der Waals surface area contributed by atoms with Crippen LogP contribution in [0.5, 0.6) is 0 Å². The van der Waals surface area contributed by atoms with Crippen LogP contribution in [0.3, 0.4) is 0 Å². The maximum absolute atomic E-state index is 12.4. The molecule has 1 fully saturated rings. The highest BCUT2D eigenvalue weighted by Gasteiger charge is 2.29. The summed E-state index contributed by atoms with van der Waals surface area (Å²) in [6.07, 6.45) is 4.45. The maximum atomic E-state index is 12.4. The Morgan fingerprint density at radius 3 is 2.47 bits per heavy atom. The fourth-order valence-corrected chi connectivity index (χ4v) is 2.78. The number of hydrogen-bond acceptors (Lipinski definition) is 2. The molecule has 1 saturated carbocycles. The zero-order valence-electron chi connectivity index (χ0n) is 11.8. The van der Waals surface area contributed by atoms with Crippen molar-refractivity contribution in [3.05, 3.63) is 35.4 Å². The summed E-state index contributed by atoms with van der Waals surface area (Å²) in [5, 5.41) is 10.0. The summed E-state index contributed by atoms with van der Waals surface area (Å²) in [5.41, 5.74) is 1.94. The van der Waals surface area contributed by atoms with Gasteiger partial charge in [-0.3, -0.25) is 4.79 Å². The number of aliphatic hydroxyl groups is 1. The average Bonchev–Trinajstić information content (AvgIpc) is 2.46. The van der Waals surface area contributed by atoms with Gasteiger partial charge in [-0.2, -0.15) is 0 Å². The van der Waals surface area contributed by atoms with Crippen LogP contribution in [0.2, 0.25) is 0 Å². The van der Waals surface area contributed by atoms with Crippen molar-refractivity contribution in [2.24, 2.45) is 0 Å². The molecule has 1 aromatic rings. The summed E-state index contributed by atoms with van der Waals surface area (Å²) in [6.45, 7) is 2.10. The second kappa shape index (κ2) is 6.20. The van der Waals surface area contributed by atoms with Gasteiger partial charge in [-0.15, -0.1) is 0 Å². The number of carbonyl (C=O) groups is 1. The molecule has 3 nitrogen and oxygen atoms in total. The standard InChI is InChI=1S/C16H23NO2/c1-3-12-8-10-13(11-9-12)16(19)17(2)14-6-4-5-7-15(14)18/h8-11,14-15,18H,3-7H2,1-2H3. The Kier molecular flexibility index (Phi) is 4.59. The van der Waals surface area contributed by atoms with E-state index < -0.39 is 0 Å². The van der Waals surface area contributed by atoms with Crippen LogP contribution in [0.1, 0.15) is 48.5 Å². The molecule has 2 unspecified atom stereocenters. The van der Waals surface area contributed by atoms with Gasteiger partial charge >= 0.3 is 0 Å². The molecule has 0 aliphatic heterocycles. The third kappa shape index (κ3) is 3.16. The first-order chi connectivity index (χ1) is 9.13. The van der Waals surface area contributed by atoms with E-state index in [1.165, 1.54) is 5.56 Å². The molecule has 0 radical (unpaired) electrons. The van der Waals surface area contributed by atoms with Crippen molar-refractivity contribution >= 4 is 5.91 Å². The van der Waals surface area contributed by atoms with Gasteiger partial charge in [0.15, 0.2) is 0 Å². The summed E-state index contributed by atoms with van der Waals surface area (Å²) < 4.78 is 0. The minimum atomic E-state index is -0.377. The Hall–Kier alpha value is -1.35. The fourth-order valence-electron chi connectivity index (χ4n) is 2.78. The number of rotatable bonds is 3. The van der Waals surface area contributed by atoms with Gasteiger partial charge in [0, 0.05) is 12.6 Å². The van der Waals surface area contributed by atoms with Crippen LogP contribution < -0.4 is 0 Å². The van der Waals surface area contributed by atoms with Crippen LogP contribution in [0.4, 0.5) is 0 Å². The van der Waals surface area contributed by atoms with Crippen molar-refractivity contribution in [1.29, 1.82) is 0 Å². The van der Waals surface area contributed by atoms with E-state index in [9.17, 15) is 9.90 Å². The predicted molar refractivity (Wildman–Crippen MR) is 76.2 cm³/mol. The number of amides is 1. The largest absolute Gasteiger partial charge is 0.391 e. The summed E-state index contributed by atoms with van der Waals surface area (Å²) in [6, 6.07) is 7.73. The maximum Gasteiger partial charge on any atom is 0.253 e. The van der Waals surface area contributed by atoms with Crippen molar-refractivity contribution in [3.63, 3.8) is 0 Å². The molecule has 0 aromatic heterocycles. The molecule has 1 N–H and O–H groups in total. The Morgan fingerprint density at radius 1 is 1.26 bits per heavy atom. The Balaban J connectivity index is 2.08. The molecule has 104 valence electrons. The van der Waals surface area contributed by atoms with Gasteiger partial charge in [-0.1, -0.05) is 31.9 Å². The first kappa shape index (κ1) is 14.1. The number of carbonyl (C=O) groups excluding carboxylic acids is 1. The lowest BCUT2D eigenvalue weighted by molar-refractivity contribution is 0.0268. The van der Waals surface area contributed by atoms with Crippen LogP contribution in [-0.4, -0.2) is 35.1 Å². The first-order valence-electron chi connectivity index (χ1n) is 7.17. The third-order valence-corrected chi connectivity index (χ3v) is 4.12.